The van der Waals surface area contributed by atoms with Gasteiger partial charge in [-0.15, -0.1) is 0 Å². The molecular formula is C25H42N2O4. The summed E-state index contributed by atoms with van der Waals surface area (Å²) in [7, 11) is 0. The maximum Gasteiger partial charge on any atom is 0.426 e. The number of ether oxygens (including phenoxy) is 1. The monoisotopic (exact) mass is 434 g/mol. The molecule has 0 spiro atoms. The molecule has 0 aliphatic carbocycles. The van der Waals surface area contributed by atoms with Crippen LogP contribution >= 0.6 is 0 Å². The largest absolute Gasteiger partial charge is 0.508 e. The van der Waals surface area contributed by atoms with Crippen molar-refractivity contribution < 1.29 is 19.4 Å². The van der Waals surface area contributed by atoms with Crippen molar-refractivity contribution in [3.8, 4) is 5.75 Å². The first-order valence-electron chi connectivity index (χ1n) is 12.1. The van der Waals surface area contributed by atoms with E-state index in [1.165, 1.54) is 89.2 Å². The summed E-state index contributed by atoms with van der Waals surface area (Å²) in [5, 5.41) is 9.22. The van der Waals surface area contributed by atoms with Crippen LogP contribution in [0.5, 0.6) is 5.75 Å². The molecule has 31 heavy (non-hydrogen) atoms. The summed E-state index contributed by atoms with van der Waals surface area (Å²) in [5.74, 6) is -0.200. The number of nitrogens with one attached hydrogen (secondary N) is 2. The van der Waals surface area contributed by atoms with Crippen LogP contribution in [0.4, 0.5) is 4.79 Å². The predicted octanol–water partition coefficient (Wildman–Crippen LogP) is 6.17. The molecule has 0 unspecified atom stereocenters. The third-order valence-corrected chi connectivity index (χ3v) is 5.34. The lowest BCUT2D eigenvalue weighted by atomic mass is 10.0. The molecule has 1 aromatic rings. The molecule has 6 heteroatoms. The number of hydrazine groups is 1. The van der Waals surface area contributed by atoms with Crippen LogP contribution in [0.25, 0.3) is 0 Å². The Morgan fingerprint density at radius 3 is 1.74 bits per heavy atom. The van der Waals surface area contributed by atoms with Crippen LogP contribution in [0.1, 0.15) is 102 Å². The number of unbranched alkanes of at least 4 members (excludes halogenated alkanes) is 13. The lowest BCUT2D eigenvalue weighted by Gasteiger charge is -2.08. The van der Waals surface area contributed by atoms with Crippen molar-refractivity contribution >= 4 is 12.0 Å². The van der Waals surface area contributed by atoms with Crippen LogP contribution in [0, 0.1) is 0 Å². The van der Waals surface area contributed by atoms with Gasteiger partial charge in [0.1, 0.15) is 5.75 Å². The van der Waals surface area contributed by atoms with Gasteiger partial charge in [0.2, 0.25) is 5.91 Å². The average Bonchev–Trinajstić information content (AvgIpc) is 2.76. The summed E-state index contributed by atoms with van der Waals surface area (Å²) >= 11 is 0. The summed E-state index contributed by atoms with van der Waals surface area (Å²) in [5.41, 5.74) is 5.32. The Hall–Kier alpha value is -2.24. The molecule has 0 aliphatic heterocycles. The first kappa shape index (κ1) is 26.8. The maximum atomic E-state index is 11.8. The summed E-state index contributed by atoms with van der Waals surface area (Å²) < 4.78 is 5.07. The van der Waals surface area contributed by atoms with E-state index in [9.17, 15) is 14.7 Å². The van der Waals surface area contributed by atoms with Gasteiger partial charge in [0.15, 0.2) is 0 Å². The Labute approximate surface area is 188 Å². The van der Waals surface area contributed by atoms with Crippen molar-refractivity contribution in [2.45, 2.75) is 103 Å². The number of aromatic hydroxyl groups is 1. The Morgan fingerprint density at radius 1 is 0.742 bits per heavy atom. The summed E-state index contributed by atoms with van der Waals surface area (Å²) in [6, 6.07) is 6.34. The van der Waals surface area contributed by atoms with Crippen LogP contribution in [0.3, 0.4) is 0 Å². The Morgan fingerprint density at radius 2 is 1.23 bits per heavy atom. The van der Waals surface area contributed by atoms with Crippen molar-refractivity contribution in [3.63, 3.8) is 0 Å². The zero-order valence-corrected chi connectivity index (χ0v) is 19.3. The second-order valence-corrected chi connectivity index (χ2v) is 8.25. The lowest BCUT2D eigenvalue weighted by Crippen LogP contribution is -2.42. The van der Waals surface area contributed by atoms with Crippen molar-refractivity contribution in [2.75, 3.05) is 6.61 Å². The highest BCUT2D eigenvalue weighted by Crippen LogP contribution is 2.13. The van der Waals surface area contributed by atoms with E-state index in [1.807, 2.05) is 0 Å². The lowest BCUT2D eigenvalue weighted by molar-refractivity contribution is -0.121. The normalized spacial score (nSPS) is 10.6. The smallest absolute Gasteiger partial charge is 0.426 e. The van der Waals surface area contributed by atoms with Gasteiger partial charge in [-0.3, -0.25) is 10.2 Å². The first-order chi connectivity index (χ1) is 15.1. The summed E-state index contributed by atoms with van der Waals surface area (Å²) in [4.78, 5) is 23.4. The van der Waals surface area contributed by atoms with Crippen LogP contribution in [0.15, 0.2) is 24.3 Å². The molecule has 0 saturated heterocycles. The van der Waals surface area contributed by atoms with Crippen molar-refractivity contribution in [1.82, 2.24) is 10.9 Å². The van der Waals surface area contributed by atoms with E-state index in [-0.39, 0.29) is 18.1 Å². The summed E-state index contributed by atoms with van der Waals surface area (Å²) in [6.45, 7) is 2.62. The van der Waals surface area contributed by atoms with Crippen LogP contribution in [-0.4, -0.2) is 23.7 Å². The van der Waals surface area contributed by atoms with Gasteiger partial charge in [-0.1, -0.05) is 103 Å². The number of hydrogen-bond donors (Lipinski definition) is 3. The number of rotatable bonds is 17. The molecule has 0 aromatic heterocycles. The molecule has 0 heterocycles. The van der Waals surface area contributed by atoms with Crippen LogP contribution in [-0.2, 0) is 16.0 Å². The molecule has 0 saturated carbocycles. The van der Waals surface area contributed by atoms with Crippen molar-refractivity contribution in [2.24, 2.45) is 0 Å². The van der Waals surface area contributed by atoms with E-state index >= 15 is 0 Å². The molecular weight excluding hydrogens is 392 g/mol. The number of benzene rings is 1. The third kappa shape index (κ3) is 16.2. The van der Waals surface area contributed by atoms with E-state index in [4.69, 9.17) is 4.74 Å². The van der Waals surface area contributed by atoms with E-state index in [2.05, 4.69) is 17.8 Å². The topological polar surface area (TPSA) is 87.7 Å². The van der Waals surface area contributed by atoms with E-state index in [1.54, 1.807) is 12.1 Å². The fourth-order valence-electron chi connectivity index (χ4n) is 3.46. The SMILES string of the molecule is CCCCCCCCCCCCCCCCOC(=O)NNC(=O)Cc1ccc(O)cc1. The molecule has 0 bridgehead atoms. The van der Waals surface area contributed by atoms with Gasteiger partial charge in [0.25, 0.3) is 0 Å². The minimum absolute atomic E-state index is 0.111. The number of phenolic OH excluding ortho intramolecular Hbond substituents is 1. The number of hydrogen-bond acceptors (Lipinski definition) is 4. The van der Waals surface area contributed by atoms with Crippen LogP contribution in [0.2, 0.25) is 0 Å². The fourth-order valence-corrected chi connectivity index (χ4v) is 3.46. The minimum atomic E-state index is -0.645. The maximum absolute atomic E-state index is 11.8. The second-order valence-electron chi connectivity index (χ2n) is 8.25. The number of carbonyl (C=O) groups excluding carboxylic acids is 2. The zero-order valence-electron chi connectivity index (χ0n) is 19.3. The fraction of sp³-hybridized carbons (Fsp3) is 0.680. The third-order valence-electron chi connectivity index (χ3n) is 5.34. The first-order valence-corrected chi connectivity index (χ1v) is 12.1. The quantitative estimate of drug-likeness (QED) is 0.202. The Balaban J connectivity index is 1.85. The molecule has 0 fully saturated rings. The number of amides is 2. The highest BCUT2D eigenvalue weighted by Gasteiger charge is 2.06. The van der Waals surface area contributed by atoms with Gasteiger partial charge in [0.05, 0.1) is 13.0 Å². The van der Waals surface area contributed by atoms with Crippen molar-refractivity contribution in [1.29, 1.82) is 0 Å². The highest BCUT2D eigenvalue weighted by molar-refractivity contribution is 5.80. The zero-order chi connectivity index (χ0) is 22.6. The molecule has 6 nitrogen and oxygen atoms in total. The number of phenols is 1. The summed E-state index contributed by atoms with van der Waals surface area (Å²) in [6.07, 6.45) is 17.4. The van der Waals surface area contributed by atoms with E-state index in [0.29, 0.717) is 6.61 Å². The second kappa shape index (κ2) is 18.5. The van der Waals surface area contributed by atoms with Crippen LogP contribution < -0.4 is 10.9 Å². The van der Waals surface area contributed by atoms with Gasteiger partial charge in [-0.05, 0) is 24.1 Å². The molecule has 176 valence electrons. The van der Waals surface area contributed by atoms with Gasteiger partial charge in [-0.25, -0.2) is 10.2 Å². The molecule has 1 rings (SSSR count). The Kier molecular flexibility index (Phi) is 16.0. The molecule has 2 amide bonds. The van der Waals surface area contributed by atoms with Gasteiger partial charge < -0.3 is 9.84 Å². The van der Waals surface area contributed by atoms with Gasteiger partial charge >= 0.3 is 6.09 Å². The molecule has 0 aliphatic rings. The van der Waals surface area contributed by atoms with E-state index in [0.717, 1.165) is 18.4 Å². The molecule has 0 atom stereocenters. The van der Waals surface area contributed by atoms with Gasteiger partial charge in [-0.2, -0.15) is 0 Å². The number of carbonyl (C=O) groups is 2. The molecule has 0 radical (unpaired) electrons. The van der Waals surface area contributed by atoms with Crippen molar-refractivity contribution in [3.05, 3.63) is 29.8 Å². The van der Waals surface area contributed by atoms with E-state index < -0.39 is 6.09 Å². The predicted molar refractivity (Wildman–Crippen MR) is 125 cm³/mol. The standard InChI is InChI=1S/C25H42N2O4/c1-2-3-4-5-6-7-8-9-10-11-12-13-14-15-20-31-25(30)27-26-24(29)21-22-16-18-23(28)19-17-22/h16-19,28H,2-15,20-21H2,1H3,(H,26,29)(H,27,30). The molecule has 3 N–H and O–H groups in total. The molecule has 1 aromatic carbocycles. The minimum Gasteiger partial charge on any atom is -0.508 e. The average molecular weight is 435 g/mol. The highest BCUT2D eigenvalue weighted by atomic mass is 16.6. The van der Waals surface area contributed by atoms with Gasteiger partial charge in [0, 0.05) is 0 Å². The Bertz CT molecular complexity index is 590.